The number of hydrogen-bond acceptors (Lipinski definition) is 1. The highest BCUT2D eigenvalue weighted by Gasteiger charge is 2.31. The molecule has 0 aromatic carbocycles. The first-order chi connectivity index (χ1) is 9.35. The zero-order chi connectivity index (χ0) is 13.5. The minimum absolute atomic E-state index is 0.816. The van der Waals surface area contributed by atoms with E-state index in [1.54, 1.807) is 0 Å². The molecular weight excluding hydrogens is 230 g/mol. The van der Waals surface area contributed by atoms with Crippen LogP contribution in [0.25, 0.3) is 0 Å². The van der Waals surface area contributed by atoms with Gasteiger partial charge in [-0.05, 0) is 50.5 Å². The van der Waals surface area contributed by atoms with Gasteiger partial charge >= 0.3 is 0 Å². The second kappa shape index (κ2) is 8.29. The molecule has 0 amide bonds. The standard InChI is InChI=1S/C18H35N/c1-3-15-11-13-17(14-12-15)18(19-2)16-9-7-5-4-6-8-10-16/h15-19H,3-14H2,1-2H3. The summed E-state index contributed by atoms with van der Waals surface area (Å²) in [7, 11) is 2.22. The van der Waals surface area contributed by atoms with Gasteiger partial charge < -0.3 is 5.32 Å². The molecule has 0 spiro atoms. The lowest BCUT2D eigenvalue weighted by atomic mass is 9.72. The van der Waals surface area contributed by atoms with Crippen molar-refractivity contribution in [2.24, 2.45) is 17.8 Å². The van der Waals surface area contributed by atoms with Gasteiger partial charge in [-0.25, -0.2) is 0 Å². The molecule has 2 saturated carbocycles. The Balaban J connectivity index is 1.87. The van der Waals surface area contributed by atoms with Crippen LogP contribution in [0.2, 0.25) is 0 Å². The van der Waals surface area contributed by atoms with Crippen molar-refractivity contribution in [3.63, 3.8) is 0 Å². The fraction of sp³-hybridized carbons (Fsp3) is 1.00. The van der Waals surface area contributed by atoms with E-state index in [1.165, 1.54) is 77.0 Å². The Morgan fingerprint density at radius 2 is 1.32 bits per heavy atom. The van der Waals surface area contributed by atoms with Crippen molar-refractivity contribution in [3.8, 4) is 0 Å². The molecule has 0 aliphatic heterocycles. The summed E-state index contributed by atoms with van der Waals surface area (Å²) in [6, 6.07) is 0.816. The van der Waals surface area contributed by atoms with Gasteiger partial charge in [0.1, 0.15) is 0 Å². The van der Waals surface area contributed by atoms with Crippen LogP contribution in [0.5, 0.6) is 0 Å². The van der Waals surface area contributed by atoms with Crippen molar-refractivity contribution in [2.45, 2.75) is 90.0 Å². The maximum Gasteiger partial charge on any atom is 0.0121 e. The largest absolute Gasteiger partial charge is 0.316 e. The van der Waals surface area contributed by atoms with Crippen LogP contribution in [0.4, 0.5) is 0 Å². The summed E-state index contributed by atoms with van der Waals surface area (Å²) in [6.07, 6.45) is 17.7. The minimum atomic E-state index is 0.816. The molecule has 112 valence electrons. The van der Waals surface area contributed by atoms with Gasteiger partial charge in [-0.15, -0.1) is 0 Å². The number of hydrogen-bond donors (Lipinski definition) is 1. The van der Waals surface area contributed by atoms with Gasteiger partial charge in [-0.3, -0.25) is 0 Å². The van der Waals surface area contributed by atoms with Crippen LogP contribution >= 0.6 is 0 Å². The van der Waals surface area contributed by atoms with E-state index in [0.29, 0.717) is 0 Å². The second-order valence-electron chi connectivity index (χ2n) is 7.11. The predicted molar refractivity (Wildman–Crippen MR) is 84.4 cm³/mol. The molecule has 0 saturated heterocycles. The molecule has 2 fully saturated rings. The number of rotatable bonds is 4. The molecule has 0 aromatic rings. The van der Waals surface area contributed by atoms with E-state index in [0.717, 1.165) is 23.8 Å². The third-order valence-corrected chi connectivity index (χ3v) is 5.97. The van der Waals surface area contributed by atoms with Crippen molar-refractivity contribution in [2.75, 3.05) is 7.05 Å². The molecule has 2 aliphatic carbocycles. The number of nitrogens with one attached hydrogen (secondary N) is 1. The van der Waals surface area contributed by atoms with E-state index in [4.69, 9.17) is 0 Å². The summed E-state index contributed by atoms with van der Waals surface area (Å²) < 4.78 is 0. The van der Waals surface area contributed by atoms with Crippen molar-refractivity contribution in [3.05, 3.63) is 0 Å². The van der Waals surface area contributed by atoms with Crippen molar-refractivity contribution in [1.82, 2.24) is 5.32 Å². The smallest absolute Gasteiger partial charge is 0.0121 e. The zero-order valence-electron chi connectivity index (χ0n) is 13.3. The molecule has 1 heteroatoms. The van der Waals surface area contributed by atoms with E-state index in [-0.39, 0.29) is 0 Å². The van der Waals surface area contributed by atoms with Crippen molar-refractivity contribution in [1.29, 1.82) is 0 Å². The molecule has 0 heterocycles. The first kappa shape index (κ1) is 15.4. The first-order valence-electron chi connectivity index (χ1n) is 9.02. The lowest BCUT2D eigenvalue weighted by Gasteiger charge is -2.38. The lowest BCUT2D eigenvalue weighted by molar-refractivity contribution is 0.164. The molecule has 0 aromatic heterocycles. The Bertz CT molecular complexity index is 222. The van der Waals surface area contributed by atoms with Gasteiger partial charge in [-0.2, -0.15) is 0 Å². The summed E-state index contributed by atoms with van der Waals surface area (Å²) >= 11 is 0. The quantitative estimate of drug-likeness (QED) is 0.741. The monoisotopic (exact) mass is 265 g/mol. The maximum absolute atomic E-state index is 3.72. The Morgan fingerprint density at radius 3 is 1.84 bits per heavy atom. The molecular formula is C18H35N. The minimum Gasteiger partial charge on any atom is -0.316 e. The fourth-order valence-electron chi connectivity index (χ4n) is 4.66. The zero-order valence-corrected chi connectivity index (χ0v) is 13.3. The third-order valence-electron chi connectivity index (χ3n) is 5.97. The summed E-state index contributed by atoms with van der Waals surface area (Å²) in [5.74, 6) is 2.97. The lowest BCUT2D eigenvalue weighted by Crippen LogP contribution is -2.42. The second-order valence-corrected chi connectivity index (χ2v) is 7.11. The summed E-state index contributed by atoms with van der Waals surface area (Å²) in [6.45, 7) is 2.37. The molecule has 0 bridgehead atoms. The summed E-state index contributed by atoms with van der Waals surface area (Å²) in [5, 5.41) is 3.72. The molecule has 1 atom stereocenters. The molecule has 2 rings (SSSR count). The average Bonchev–Trinajstić information content (AvgIpc) is 2.42. The normalized spacial score (nSPS) is 32.5. The van der Waals surface area contributed by atoms with Crippen LogP contribution in [0.3, 0.4) is 0 Å². The van der Waals surface area contributed by atoms with E-state index >= 15 is 0 Å². The third kappa shape index (κ3) is 4.48. The van der Waals surface area contributed by atoms with E-state index in [9.17, 15) is 0 Å². The van der Waals surface area contributed by atoms with Crippen LogP contribution in [0, 0.1) is 17.8 Å². The Hall–Kier alpha value is -0.0400. The van der Waals surface area contributed by atoms with Gasteiger partial charge in [0.2, 0.25) is 0 Å². The average molecular weight is 265 g/mol. The highest BCUT2D eigenvalue weighted by molar-refractivity contribution is 4.86. The fourth-order valence-corrected chi connectivity index (χ4v) is 4.66. The molecule has 1 unspecified atom stereocenters. The highest BCUT2D eigenvalue weighted by atomic mass is 14.9. The van der Waals surface area contributed by atoms with Gasteiger partial charge in [0.05, 0.1) is 0 Å². The van der Waals surface area contributed by atoms with Crippen molar-refractivity contribution < 1.29 is 0 Å². The molecule has 2 aliphatic rings. The molecule has 0 radical (unpaired) electrons. The van der Waals surface area contributed by atoms with Crippen LogP contribution in [-0.4, -0.2) is 13.1 Å². The Morgan fingerprint density at radius 1 is 0.789 bits per heavy atom. The van der Waals surface area contributed by atoms with E-state index in [2.05, 4.69) is 19.3 Å². The van der Waals surface area contributed by atoms with Gasteiger partial charge in [0, 0.05) is 6.04 Å². The Kier molecular flexibility index (Phi) is 6.70. The first-order valence-corrected chi connectivity index (χ1v) is 9.02. The van der Waals surface area contributed by atoms with Gasteiger partial charge in [0.25, 0.3) is 0 Å². The highest BCUT2D eigenvalue weighted by Crippen LogP contribution is 2.37. The van der Waals surface area contributed by atoms with Crippen LogP contribution in [0.15, 0.2) is 0 Å². The predicted octanol–water partition coefficient (Wildman–Crippen LogP) is 5.15. The van der Waals surface area contributed by atoms with Crippen LogP contribution in [-0.2, 0) is 0 Å². The van der Waals surface area contributed by atoms with Crippen LogP contribution in [0.1, 0.15) is 84.0 Å². The van der Waals surface area contributed by atoms with Gasteiger partial charge in [-0.1, -0.05) is 58.3 Å². The van der Waals surface area contributed by atoms with Crippen LogP contribution < -0.4 is 5.32 Å². The van der Waals surface area contributed by atoms with E-state index < -0.39 is 0 Å². The topological polar surface area (TPSA) is 12.0 Å². The summed E-state index contributed by atoms with van der Waals surface area (Å²) in [4.78, 5) is 0. The van der Waals surface area contributed by atoms with Crippen molar-refractivity contribution >= 4 is 0 Å². The molecule has 19 heavy (non-hydrogen) atoms. The van der Waals surface area contributed by atoms with Gasteiger partial charge in [0.15, 0.2) is 0 Å². The van der Waals surface area contributed by atoms with E-state index in [1.807, 2.05) is 0 Å². The SMILES string of the molecule is CCC1CCC(C(NC)C2CCCCCCC2)CC1. The maximum atomic E-state index is 3.72. The summed E-state index contributed by atoms with van der Waals surface area (Å²) in [5.41, 5.74) is 0. The Labute approximate surface area is 120 Å². The molecule has 1 nitrogen and oxygen atoms in total. The molecule has 1 N–H and O–H groups in total.